The van der Waals surface area contributed by atoms with Gasteiger partial charge < -0.3 is 5.32 Å². The average molecular weight is 376 g/mol. The predicted molar refractivity (Wildman–Crippen MR) is 98.8 cm³/mol. The van der Waals surface area contributed by atoms with Crippen LogP contribution in [0.15, 0.2) is 33.9 Å². The summed E-state index contributed by atoms with van der Waals surface area (Å²) >= 11 is 6.13. The molecule has 0 aliphatic carbocycles. The van der Waals surface area contributed by atoms with E-state index < -0.39 is 11.4 Å². The molecule has 3 aromatic rings. The molecule has 8 nitrogen and oxygen atoms in total. The number of nitrogens with zero attached hydrogens (tertiary/aromatic N) is 4. The standard InChI is InChI=1S/C17H18ClN5O3/c1-4-10-5-7-11(8-6-10)19-13(24)9-12-14(18)20-15-21(2)16(25)22(3)17(26)23(12)15/h5-8H,4,9H2,1-3H3,(H,19,24). The lowest BCUT2D eigenvalue weighted by atomic mass is 10.1. The summed E-state index contributed by atoms with van der Waals surface area (Å²) in [6.45, 7) is 2.05. The molecule has 0 fully saturated rings. The van der Waals surface area contributed by atoms with Gasteiger partial charge in [0.2, 0.25) is 11.7 Å². The van der Waals surface area contributed by atoms with Crippen molar-refractivity contribution in [3.63, 3.8) is 0 Å². The van der Waals surface area contributed by atoms with Crippen LogP contribution in [-0.2, 0) is 31.7 Å². The third-order valence-corrected chi connectivity index (χ3v) is 4.53. The molecule has 136 valence electrons. The fourth-order valence-corrected chi connectivity index (χ4v) is 2.94. The monoisotopic (exact) mass is 375 g/mol. The Hall–Kier alpha value is -2.87. The topological polar surface area (TPSA) is 90.4 Å². The number of amides is 1. The number of anilines is 1. The lowest BCUT2D eigenvalue weighted by Crippen LogP contribution is -2.41. The lowest BCUT2D eigenvalue weighted by molar-refractivity contribution is -0.115. The van der Waals surface area contributed by atoms with Crippen molar-refractivity contribution in [1.29, 1.82) is 0 Å². The maximum Gasteiger partial charge on any atom is 0.339 e. The second kappa shape index (κ2) is 6.80. The van der Waals surface area contributed by atoms with Crippen LogP contribution in [0.5, 0.6) is 0 Å². The van der Waals surface area contributed by atoms with Crippen molar-refractivity contribution in [3.05, 3.63) is 61.6 Å². The van der Waals surface area contributed by atoms with Crippen LogP contribution in [0.1, 0.15) is 18.2 Å². The van der Waals surface area contributed by atoms with Crippen LogP contribution in [0.4, 0.5) is 5.69 Å². The molecule has 0 saturated carbocycles. The van der Waals surface area contributed by atoms with E-state index in [0.717, 1.165) is 16.6 Å². The first-order chi connectivity index (χ1) is 12.3. The van der Waals surface area contributed by atoms with Crippen LogP contribution in [0.25, 0.3) is 5.78 Å². The average Bonchev–Trinajstić information content (AvgIpc) is 2.95. The number of carbonyl (C=O) groups excluding carboxylic acids is 1. The molecule has 2 heterocycles. The molecule has 26 heavy (non-hydrogen) atoms. The highest BCUT2D eigenvalue weighted by Gasteiger charge is 2.20. The van der Waals surface area contributed by atoms with E-state index in [0.29, 0.717) is 5.69 Å². The van der Waals surface area contributed by atoms with Crippen LogP contribution in [0, 0.1) is 0 Å². The zero-order valence-electron chi connectivity index (χ0n) is 14.6. The van der Waals surface area contributed by atoms with Crippen LogP contribution in [0.2, 0.25) is 5.15 Å². The summed E-state index contributed by atoms with van der Waals surface area (Å²) in [6, 6.07) is 7.50. The number of nitrogens with one attached hydrogen (secondary N) is 1. The molecule has 0 aliphatic heterocycles. The summed E-state index contributed by atoms with van der Waals surface area (Å²) in [6.07, 6.45) is 0.761. The van der Waals surface area contributed by atoms with Gasteiger partial charge in [0, 0.05) is 19.8 Å². The normalized spacial score (nSPS) is 11.1. The Morgan fingerprint density at radius 2 is 1.77 bits per heavy atom. The molecular formula is C17H18ClN5O3. The molecule has 0 unspecified atom stereocenters. The Morgan fingerprint density at radius 3 is 2.38 bits per heavy atom. The number of carbonyl (C=O) groups is 1. The summed E-state index contributed by atoms with van der Waals surface area (Å²) in [5, 5.41) is 2.78. The van der Waals surface area contributed by atoms with Gasteiger partial charge in [0.05, 0.1) is 12.1 Å². The van der Waals surface area contributed by atoms with Crippen molar-refractivity contribution >= 4 is 29.0 Å². The first-order valence-corrected chi connectivity index (χ1v) is 8.43. The quantitative estimate of drug-likeness (QED) is 0.740. The fourth-order valence-electron chi connectivity index (χ4n) is 2.72. The lowest BCUT2D eigenvalue weighted by Gasteiger charge is -2.08. The molecule has 9 heteroatoms. The smallest absolute Gasteiger partial charge is 0.326 e. The Morgan fingerprint density at radius 1 is 1.12 bits per heavy atom. The van der Waals surface area contributed by atoms with Crippen molar-refractivity contribution in [1.82, 2.24) is 18.5 Å². The third-order valence-electron chi connectivity index (χ3n) is 4.23. The number of hydrogen-bond acceptors (Lipinski definition) is 4. The second-order valence-corrected chi connectivity index (χ2v) is 6.30. The first kappa shape index (κ1) is 17.9. The van der Waals surface area contributed by atoms with Crippen LogP contribution < -0.4 is 16.7 Å². The summed E-state index contributed by atoms with van der Waals surface area (Å²) in [5.74, 6) is -0.243. The van der Waals surface area contributed by atoms with E-state index in [9.17, 15) is 14.4 Å². The Labute approximate surface area is 153 Å². The van der Waals surface area contributed by atoms with E-state index >= 15 is 0 Å². The fraction of sp³-hybridized carbons (Fsp3) is 0.294. The summed E-state index contributed by atoms with van der Waals surface area (Å²) in [7, 11) is 2.84. The molecule has 0 radical (unpaired) electrons. The van der Waals surface area contributed by atoms with Gasteiger partial charge in [-0.3, -0.25) is 9.36 Å². The highest BCUT2D eigenvalue weighted by atomic mass is 35.5. The minimum absolute atomic E-state index is 0.0137. The molecule has 2 aromatic heterocycles. The van der Waals surface area contributed by atoms with Crippen LogP contribution >= 0.6 is 11.6 Å². The molecule has 1 aromatic carbocycles. The van der Waals surface area contributed by atoms with Crippen molar-refractivity contribution < 1.29 is 4.79 Å². The zero-order valence-corrected chi connectivity index (χ0v) is 15.4. The van der Waals surface area contributed by atoms with Crippen LogP contribution in [-0.4, -0.2) is 24.4 Å². The second-order valence-electron chi connectivity index (χ2n) is 5.94. The van der Waals surface area contributed by atoms with E-state index in [1.807, 2.05) is 31.2 Å². The molecule has 0 spiro atoms. The van der Waals surface area contributed by atoms with Crippen molar-refractivity contribution in [2.24, 2.45) is 14.1 Å². The van der Waals surface area contributed by atoms with E-state index in [2.05, 4.69) is 10.3 Å². The van der Waals surface area contributed by atoms with Gasteiger partial charge in [0.1, 0.15) is 0 Å². The number of rotatable bonds is 4. The number of aromatic nitrogens is 4. The van der Waals surface area contributed by atoms with Gasteiger partial charge in [-0.25, -0.2) is 18.6 Å². The van der Waals surface area contributed by atoms with Crippen molar-refractivity contribution in [2.45, 2.75) is 19.8 Å². The highest BCUT2D eigenvalue weighted by Crippen LogP contribution is 2.17. The van der Waals surface area contributed by atoms with Crippen molar-refractivity contribution in [2.75, 3.05) is 5.32 Å². The van der Waals surface area contributed by atoms with Gasteiger partial charge in [0.15, 0.2) is 5.15 Å². The molecule has 0 atom stereocenters. The zero-order chi connectivity index (χ0) is 19.0. The Kier molecular flexibility index (Phi) is 4.69. The van der Waals surface area contributed by atoms with E-state index in [-0.39, 0.29) is 29.0 Å². The number of halogens is 1. The van der Waals surface area contributed by atoms with Gasteiger partial charge in [-0.15, -0.1) is 0 Å². The summed E-state index contributed by atoms with van der Waals surface area (Å²) < 4.78 is 3.33. The van der Waals surface area contributed by atoms with Crippen LogP contribution in [0.3, 0.4) is 0 Å². The van der Waals surface area contributed by atoms with Gasteiger partial charge >= 0.3 is 11.4 Å². The van der Waals surface area contributed by atoms with Crippen molar-refractivity contribution in [3.8, 4) is 0 Å². The SMILES string of the molecule is CCc1ccc(NC(=O)Cc2c(Cl)nc3n(C)c(=O)n(C)c(=O)n23)cc1. The molecule has 1 N–H and O–H groups in total. The van der Waals surface area contributed by atoms with Gasteiger partial charge in [-0.2, -0.15) is 4.98 Å². The predicted octanol–water partition coefficient (Wildman–Crippen LogP) is 1.13. The maximum absolute atomic E-state index is 12.4. The van der Waals surface area contributed by atoms with E-state index in [4.69, 9.17) is 11.6 Å². The number of aryl methyl sites for hydroxylation is 2. The molecule has 0 aliphatic rings. The largest absolute Gasteiger partial charge is 0.339 e. The molecule has 0 bridgehead atoms. The Balaban J connectivity index is 1.95. The summed E-state index contributed by atoms with van der Waals surface area (Å²) in [5.41, 5.74) is 0.934. The number of hydrogen-bond donors (Lipinski definition) is 1. The first-order valence-electron chi connectivity index (χ1n) is 8.05. The molecular weight excluding hydrogens is 358 g/mol. The number of fused-ring (bicyclic) bond motifs is 1. The molecule has 0 saturated heterocycles. The highest BCUT2D eigenvalue weighted by molar-refractivity contribution is 6.30. The number of imidazole rings is 1. The van der Waals surface area contributed by atoms with Gasteiger partial charge in [-0.1, -0.05) is 30.7 Å². The van der Waals surface area contributed by atoms with Gasteiger partial charge in [0.25, 0.3) is 0 Å². The van der Waals surface area contributed by atoms with E-state index in [1.165, 1.54) is 23.1 Å². The van der Waals surface area contributed by atoms with E-state index in [1.54, 1.807) is 0 Å². The maximum atomic E-state index is 12.4. The summed E-state index contributed by atoms with van der Waals surface area (Å²) in [4.78, 5) is 40.9. The molecule has 3 rings (SSSR count). The van der Waals surface area contributed by atoms with Gasteiger partial charge in [-0.05, 0) is 24.1 Å². The third kappa shape index (κ3) is 3.03. The minimum Gasteiger partial charge on any atom is -0.326 e. The number of benzene rings is 1. The Bertz CT molecular complexity index is 1110. The molecule has 1 amide bonds. The minimum atomic E-state index is -0.599.